The van der Waals surface area contributed by atoms with Crippen LogP contribution in [0.4, 0.5) is 0 Å². The van der Waals surface area contributed by atoms with E-state index in [1.54, 1.807) is 117 Å². The van der Waals surface area contributed by atoms with Gasteiger partial charge >= 0.3 is 11.9 Å². The molecule has 6 aromatic carbocycles. The number of benzene rings is 6. The first kappa shape index (κ1) is 39.9. The van der Waals surface area contributed by atoms with Crippen LogP contribution in [0.1, 0.15) is 44.4 Å². The van der Waals surface area contributed by atoms with Crippen LogP contribution in [0, 0.1) is 0 Å². The van der Waals surface area contributed by atoms with Gasteiger partial charge in [0.1, 0.15) is 22.3 Å². The summed E-state index contributed by atoms with van der Waals surface area (Å²) in [6.07, 6.45) is 5.18. The monoisotopic (exact) mass is 828 g/mol. The Morgan fingerprint density at radius 2 is 0.921 bits per heavy atom. The van der Waals surface area contributed by atoms with Crippen LogP contribution < -0.4 is 14.8 Å². The van der Waals surface area contributed by atoms with E-state index in [0.29, 0.717) is 72.9 Å². The molecule has 306 valence electrons. The number of amides is 1. The zero-order chi connectivity index (χ0) is 43.5. The maximum absolute atomic E-state index is 14.0. The van der Waals surface area contributed by atoms with Crippen molar-refractivity contribution in [3.63, 3.8) is 0 Å². The molecule has 0 fully saturated rings. The highest BCUT2D eigenvalue weighted by Crippen LogP contribution is 2.36. The molecule has 0 spiro atoms. The van der Waals surface area contributed by atoms with Crippen LogP contribution in [0.5, 0.6) is 17.2 Å². The van der Waals surface area contributed by atoms with Crippen LogP contribution in [0.2, 0.25) is 0 Å². The number of Topliss-reactive ketones (excluding diaryl/α,β-unsaturated/α-hetero) is 1. The number of aromatic nitrogens is 3. The van der Waals surface area contributed by atoms with Gasteiger partial charge in [0, 0.05) is 46.7 Å². The van der Waals surface area contributed by atoms with E-state index in [4.69, 9.17) is 9.47 Å². The lowest BCUT2D eigenvalue weighted by Gasteiger charge is -2.13. The molecule has 11 heteroatoms. The fourth-order valence-corrected chi connectivity index (χ4v) is 7.36. The van der Waals surface area contributed by atoms with Crippen molar-refractivity contribution >= 4 is 56.3 Å². The van der Waals surface area contributed by atoms with Gasteiger partial charge in [-0.05, 0) is 124 Å². The second-order valence-electron chi connectivity index (χ2n) is 14.8. The zero-order valence-electron chi connectivity index (χ0n) is 33.7. The van der Waals surface area contributed by atoms with Crippen LogP contribution in [-0.2, 0) is 4.79 Å². The number of esters is 2. The quantitative estimate of drug-likeness (QED) is 0.0950. The highest BCUT2D eigenvalue weighted by molar-refractivity contribution is 6.01. The Balaban J connectivity index is 0.990. The molecule has 2 N–H and O–H groups in total. The van der Waals surface area contributed by atoms with Gasteiger partial charge in [0.05, 0.1) is 17.7 Å². The minimum absolute atomic E-state index is 0.0342. The summed E-state index contributed by atoms with van der Waals surface area (Å²) in [5.74, 6) is -1.18. The van der Waals surface area contributed by atoms with E-state index in [1.807, 2.05) is 54.6 Å². The lowest BCUT2D eigenvalue weighted by atomic mass is 10.00. The summed E-state index contributed by atoms with van der Waals surface area (Å²) >= 11 is 0. The normalized spacial score (nSPS) is 11.1. The van der Waals surface area contributed by atoms with Gasteiger partial charge in [0.2, 0.25) is 0 Å². The molecule has 63 heavy (non-hydrogen) atoms. The fourth-order valence-electron chi connectivity index (χ4n) is 7.36. The minimum Gasteiger partial charge on any atom is -0.506 e. The second-order valence-corrected chi connectivity index (χ2v) is 14.8. The Bertz CT molecular complexity index is 3290. The molecule has 11 nitrogen and oxygen atoms in total. The first-order chi connectivity index (χ1) is 30.7. The summed E-state index contributed by atoms with van der Waals surface area (Å²) in [6, 6.07) is 42.6. The number of ether oxygens (including phenoxy) is 2. The molecule has 0 aliphatic heterocycles. The molecule has 0 saturated carbocycles. The average molecular weight is 829 g/mol. The van der Waals surface area contributed by atoms with E-state index >= 15 is 0 Å². The number of ketones is 1. The number of carbonyl (C=O) groups is 4. The Morgan fingerprint density at radius 3 is 1.41 bits per heavy atom. The molecule has 0 unspecified atom stereocenters. The van der Waals surface area contributed by atoms with Crippen LogP contribution >= 0.6 is 0 Å². The van der Waals surface area contributed by atoms with Crippen molar-refractivity contribution < 1.29 is 33.8 Å². The van der Waals surface area contributed by atoms with E-state index in [2.05, 4.69) is 20.3 Å². The number of fused-ring (bicyclic) bond motifs is 3. The third kappa shape index (κ3) is 8.44. The highest BCUT2D eigenvalue weighted by Gasteiger charge is 2.19. The topological polar surface area (TPSA) is 158 Å². The maximum atomic E-state index is 14.0. The number of rotatable bonds is 11. The van der Waals surface area contributed by atoms with Gasteiger partial charge in [-0.2, -0.15) is 0 Å². The van der Waals surface area contributed by atoms with E-state index in [1.165, 1.54) is 0 Å². The molecule has 9 rings (SSSR count). The Hall–Kier alpha value is -8.57. The highest BCUT2D eigenvalue weighted by atomic mass is 16.5. The molecule has 0 bridgehead atoms. The number of carbonyl (C=O) groups excluding carboxylic acids is 4. The third-order valence-electron chi connectivity index (χ3n) is 10.6. The number of phenols is 1. The van der Waals surface area contributed by atoms with Crippen molar-refractivity contribution in [1.82, 2.24) is 20.3 Å². The van der Waals surface area contributed by atoms with Gasteiger partial charge in [-0.3, -0.25) is 24.5 Å². The van der Waals surface area contributed by atoms with Crippen molar-refractivity contribution in [2.45, 2.75) is 13.3 Å². The summed E-state index contributed by atoms with van der Waals surface area (Å²) in [5, 5.41) is 15.5. The molecule has 1 amide bonds. The summed E-state index contributed by atoms with van der Waals surface area (Å²) in [6.45, 7) is 1.69. The maximum Gasteiger partial charge on any atom is 0.343 e. The van der Waals surface area contributed by atoms with Gasteiger partial charge in [-0.1, -0.05) is 61.5 Å². The van der Waals surface area contributed by atoms with Crippen molar-refractivity contribution in [3.05, 3.63) is 181 Å². The molecule has 3 aromatic heterocycles. The average Bonchev–Trinajstić information content (AvgIpc) is 3.33. The number of nitrogens with zero attached hydrogens (tertiary/aromatic N) is 3. The van der Waals surface area contributed by atoms with Crippen LogP contribution in [-0.4, -0.2) is 50.2 Å². The Morgan fingerprint density at radius 1 is 0.492 bits per heavy atom. The molecule has 9 aromatic rings. The molecule has 0 aliphatic carbocycles. The summed E-state index contributed by atoms with van der Waals surface area (Å²) < 4.78 is 12.1. The van der Waals surface area contributed by atoms with E-state index in [0.717, 1.165) is 10.8 Å². The molecular weight excluding hydrogens is 793 g/mol. The number of phenolic OH excluding ortho intramolecular Hbond substituents is 1. The van der Waals surface area contributed by atoms with Crippen molar-refractivity contribution in [1.29, 1.82) is 0 Å². The van der Waals surface area contributed by atoms with Crippen molar-refractivity contribution in [2.75, 3.05) is 6.54 Å². The van der Waals surface area contributed by atoms with Crippen LogP contribution in [0.3, 0.4) is 0 Å². The smallest absolute Gasteiger partial charge is 0.343 e. The second kappa shape index (κ2) is 17.2. The predicted molar refractivity (Wildman–Crippen MR) is 241 cm³/mol. The lowest BCUT2D eigenvalue weighted by molar-refractivity contribution is -0.117. The SMILES string of the molecule is CCC(=O)CNC(=O)c1cccc(-c2cc(OC(=O)c3cccc(-c4cc(OC(=O)c5cccc(-c6cc(O)c7ncccc7c6)c5)c5ncccc5c4)c3)c3ncccc3c2)c1. The van der Waals surface area contributed by atoms with Gasteiger partial charge in [-0.15, -0.1) is 0 Å². The molecule has 0 radical (unpaired) electrons. The number of hydrogen-bond donors (Lipinski definition) is 2. The molecular formula is C52H36N4O7. The summed E-state index contributed by atoms with van der Waals surface area (Å²) in [7, 11) is 0. The van der Waals surface area contributed by atoms with Gasteiger partial charge in [0.15, 0.2) is 17.3 Å². The van der Waals surface area contributed by atoms with Crippen molar-refractivity contribution in [2.24, 2.45) is 0 Å². The largest absolute Gasteiger partial charge is 0.506 e. The van der Waals surface area contributed by atoms with E-state index in [9.17, 15) is 24.3 Å². The van der Waals surface area contributed by atoms with Crippen LogP contribution in [0.15, 0.2) is 164 Å². The van der Waals surface area contributed by atoms with Gasteiger partial charge in [-0.25, -0.2) is 9.59 Å². The number of nitrogens with one attached hydrogen (secondary N) is 1. The lowest BCUT2D eigenvalue weighted by Crippen LogP contribution is -2.29. The standard InChI is InChI=1S/C52H36N4O7/c1-2-43(57)30-56-50(59)37-12-3-9-31(21-37)41-25-35-16-7-19-54-48(35)45(28-41)62-52(61)39-14-5-11-33(23-39)42-26-36-17-8-20-55-49(36)46(29-42)63-51(60)38-13-4-10-32(22-38)40-24-34-15-6-18-53-47(34)44(58)27-40/h3-29,58H,2,30H2,1H3,(H,56,59). The van der Waals surface area contributed by atoms with Gasteiger partial charge < -0.3 is 19.9 Å². The Labute approximate surface area is 360 Å². The van der Waals surface area contributed by atoms with E-state index in [-0.39, 0.29) is 41.0 Å². The third-order valence-corrected chi connectivity index (χ3v) is 10.6. The fraction of sp³-hybridized carbons (Fsp3) is 0.0577. The zero-order valence-corrected chi connectivity index (χ0v) is 33.7. The Kier molecular flexibility index (Phi) is 10.9. The molecule has 0 atom stereocenters. The first-order valence-corrected chi connectivity index (χ1v) is 20.1. The summed E-state index contributed by atoms with van der Waals surface area (Å²) in [4.78, 5) is 65.7. The van der Waals surface area contributed by atoms with Gasteiger partial charge in [0.25, 0.3) is 5.91 Å². The van der Waals surface area contributed by atoms with Crippen molar-refractivity contribution in [3.8, 4) is 50.6 Å². The first-order valence-electron chi connectivity index (χ1n) is 20.1. The number of hydrogen-bond acceptors (Lipinski definition) is 10. The predicted octanol–water partition coefficient (Wildman–Crippen LogP) is 10.2. The molecule has 3 heterocycles. The molecule has 0 aliphatic rings. The van der Waals surface area contributed by atoms with E-state index < -0.39 is 11.9 Å². The number of aromatic hydroxyl groups is 1. The van der Waals surface area contributed by atoms with Crippen LogP contribution in [0.25, 0.3) is 66.1 Å². The minimum atomic E-state index is -0.625. The summed E-state index contributed by atoms with van der Waals surface area (Å²) in [5.41, 5.74) is 6.51. The number of pyridine rings is 3. The molecule has 0 saturated heterocycles.